The number of aliphatic carboxylic acids is 1. The molecule has 0 aromatic rings. The number of carbonyl (C=O) groups excluding carboxylic acids is 3. The molecule has 0 spiro atoms. The summed E-state index contributed by atoms with van der Waals surface area (Å²) < 4.78 is 6.15. The number of Topliss-reactive ketones (excluding diaryl/α,β-unsaturated/α-hetero) is 1. The molecule has 1 heterocycles. The van der Waals surface area contributed by atoms with Gasteiger partial charge in [0.1, 0.15) is 6.10 Å². The van der Waals surface area contributed by atoms with Gasteiger partial charge in [-0.1, -0.05) is 48.5 Å². The van der Waals surface area contributed by atoms with Gasteiger partial charge in [-0.05, 0) is 123 Å². The first-order valence-corrected chi connectivity index (χ1v) is 19.2. The van der Waals surface area contributed by atoms with Crippen molar-refractivity contribution in [1.29, 1.82) is 0 Å². The van der Waals surface area contributed by atoms with Crippen LogP contribution in [0.25, 0.3) is 0 Å². The fourth-order valence-electron chi connectivity index (χ4n) is 12.8. The fraction of sp³-hybridized carbons (Fsp3) is 0.850. The quantitative estimate of drug-likeness (QED) is 0.260. The first kappa shape index (κ1) is 36.4. The average molecular weight is 682 g/mol. The first-order chi connectivity index (χ1) is 22.6. The van der Waals surface area contributed by atoms with Crippen molar-refractivity contribution in [3.63, 3.8) is 0 Å². The second kappa shape index (κ2) is 11.8. The SMILES string of the molecule is CC(C)C1=C2C3CCC4[C@@]5(C)CC[C@H](OC(=O)CC(C)(C)C(=O)O)C(C)(C)C5CC[C@@]4(C)[C@]3(C)CC[C@@]2(NC(=O)N2CC[C@@H](N)C2)CC1=O. The van der Waals surface area contributed by atoms with Crippen LogP contribution in [0.1, 0.15) is 133 Å². The zero-order chi connectivity index (χ0) is 36.1. The van der Waals surface area contributed by atoms with E-state index in [0.717, 1.165) is 63.4 Å². The van der Waals surface area contributed by atoms with E-state index in [0.29, 0.717) is 31.3 Å². The van der Waals surface area contributed by atoms with Crippen LogP contribution < -0.4 is 11.1 Å². The molecule has 6 aliphatic rings. The van der Waals surface area contributed by atoms with Crippen LogP contribution in [0.2, 0.25) is 0 Å². The van der Waals surface area contributed by atoms with Crippen LogP contribution in [0.15, 0.2) is 11.1 Å². The lowest BCUT2D eigenvalue weighted by molar-refractivity contribution is -0.232. The number of nitrogens with two attached hydrogens (primary N) is 1. The van der Waals surface area contributed by atoms with Crippen LogP contribution in [0.5, 0.6) is 0 Å². The Bertz CT molecular complexity index is 1450. The van der Waals surface area contributed by atoms with E-state index in [4.69, 9.17) is 10.5 Å². The van der Waals surface area contributed by atoms with Crippen LogP contribution in [0.4, 0.5) is 4.79 Å². The molecule has 0 bridgehead atoms. The van der Waals surface area contributed by atoms with Crippen molar-refractivity contribution in [2.75, 3.05) is 13.1 Å². The maximum Gasteiger partial charge on any atom is 0.318 e. The summed E-state index contributed by atoms with van der Waals surface area (Å²) in [6.07, 6.45) is 8.49. The van der Waals surface area contributed by atoms with Crippen LogP contribution in [0, 0.1) is 50.7 Å². The molecule has 5 aliphatic carbocycles. The van der Waals surface area contributed by atoms with E-state index >= 15 is 0 Å². The van der Waals surface area contributed by atoms with E-state index in [1.165, 1.54) is 5.57 Å². The Labute approximate surface area is 293 Å². The number of allylic oxidation sites excluding steroid dienone is 1. The molecular formula is C40H63N3O6. The van der Waals surface area contributed by atoms with Gasteiger partial charge in [0.2, 0.25) is 0 Å². The maximum absolute atomic E-state index is 13.9. The number of likely N-dealkylation sites (tertiary alicyclic amines) is 1. The van der Waals surface area contributed by atoms with Gasteiger partial charge >= 0.3 is 18.0 Å². The summed E-state index contributed by atoms with van der Waals surface area (Å²) in [5.74, 6) is -0.0317. The molecule has 2 amide bonds. The summed E-state index contributed by atoms with van der Waals surface area (Å²) in [5, 5.41) is 13.1. The van der Waals surface area contributed by atoms with Gasteiger partial charge in [-0.3, -0.25) is 14.4 Å². The van der Waals surface area contributed by atoms with Gasteiger partial charge in [-0.25, -0.2) is 4.79 Å². The van der Waals surface area contributed by atoms with Crippen molar-refractivity contribution in [1.82, 2.24) is 10.2 Å². The highest BCUT2D eigenvalue weighted by Crippen LogP contribution is 2.76. The molecule has 1 saturated heterocycles. The van der Waals surface area contributed by atoms with Gasteiger partial charge in [-0.2, -0.15) is 0 Å². The molecule has 274 valence electrons. The Morgan fingerprint density at radius 1 is 0.959 bits per heavy atom. The van der Waals surface area contributed by atoms with Gasteiger partial charge in [-0.15, -0.1) is 0 Å². The molecule has 0 aromatic heterocycles. The molecule has 3 unspecified atom stereocenters. The van der Waals surface area contributed by atoms with Crippen LogP contribution in [-0.2, 0) is 19.1 Å². The predicted molar refractivity (Wildman–Crippen MR) is 188 cm³/mol. The van der Waals surface area contributed by atoms with Gasteiger partial charge < -0.3 is 25.8 Å². The van der Waals surface area contributed by atoms with Gasteiger partial charge in [0.15, 0.2) is 5.78 Å². The Hall–Kier alpha value is -2.42. The minimum atomic E-state index is -1.16. The number of ether oxygens (including phenoxy) is 1. The number of urea groups is 1. The molecule has 6 rings (SSSR count). The third kappa shape index (κ3) is 5.40. The second-order valence-electron chi connectivity index (χ2n) is 19.4. The number of rotatable bonds is 6. The van der Waals surface area contributed by atoms with Crippen molar-refractivity contribution in [3.8, 4) is 0 Å². The molecule has 0 aromatic carbocycles. The third-order valence-electron chi connectivity index (χ3n) is 15.7. The lowest BCUT2D eigenvalue weighted by atomic mass is 9.33. The number of nitrogens with zero attached hydrogens (tertiary/aromatic N) is 1. The normalized spacial score (nSPS) is 41.5. The highest BCUT2D eigenvalue weighted by atomic mass is 16.5. The summed E-state index contributed by atoms with van der Waals surface area (Å²) in [4.78, 5) is 54.2. The predicted octanol–water partition coefficient (Wildman–Crippen LogP) is 6.87. The number of carbonyl (C=O) groups is 4. The lowest BCUT2D eigenvalue weighted by Gasteiger charge is -2.72. The number of fused-ring (bicyclic) bond motifs is 7. The molecular weight excluding hydrogens is 618 g/mol. The summed E-state index contributed by atoms with van der Waals surface area (Å²) in [6, 6.07) is -0.0711. The maximum atomic E-state index is 13.9. The van der Waals surface area contributed by atoms with E-state index < -0.39 is 22.9 Å². The number of hydrogen-bond acceptors (Lipinski definition) is 6. The molecule has 1 aliphatic heterocycles. The zero-order valence-corrected chi connectivity index (χ0v) is 31.7. The molecule has 4 N–H and O–H groups in total. The average Bonchev–Trinajstić information content (AvgIpc) is 3.55. The van der Waals surface area contributed by atoms with E-state index in [1.54, 1.807) is 13.8 Å². The summed E-state index contributed by atoms with van der Waals surface area (Å²) >= 11 is 0. The minimum absolute atomic E-state index is 0.00671. The number of carboxylic acids is 1. The Balaban J connectivity index is 1.29. The summed E-state index contributed by atoms with van der Waals surface area (Å²) in [7, 11) is 0. The Morgan fingerprint density at radius 2 is 1.65 bits per heavy atom. The topological polar surface area (TPSA) is 139 Å². The number of nitrogens with one attached hydrogen (secondary N) is 1. The van der Waals surface area contributed by atoms with Gasteiger partial charge in [0.05, 0.1) is 17.4 Å². The monoisotopic (exact) mass is 681 g/mol. The molecule has 9 atom stereocenters. The van der Waals surface area contributed by atoms with Crippen molar-refractivity contribution >= 4 is 23.8 Å². The zero-order valence-electron chi connectivity index (χ0n) is 31.7. The highest BCUT2D eigenvalue weighted by molar-refractivity contribution is 6.02. The second-order valence-corrected chi connectivity index (χ2v) is 19.4. The molecule has 4 saturated carbocycles. The summed E-state index contributed by atoms with van der Waals surface area (Å²) in [5.41, 5.74) is 6.44. The van der Waals surface area contributed by atoms with Crippen LogP contribution >= 0.6 is 0 Å². The Morgan fingerprint density at radius 3 is 2.27 bits per heavy atom. The first-order valence-electron chi connectivity index (χ1n) is 19.2. The minimum Gasteiger partial charge on any atom is -0.481 e. The number of hydrogen-bond donors (Lipinski definition) is 3. The molecule has 0 radical (unpaired) electrons. The molecule has 5 fully saturated rings. The van der Waals surface area contributed by atoms with E-state index in [-0.39, 0.29) is 63.9 Å². The van der Waals surface area contributed by atoms with Crippen LogP contribution in [0.3, 0.4) is 0 Å². The van der Waals surface area contributed by atoms with E-state index in [1.807, 2.05) is 4.90 Å². The molecule has 9 heteroatoms. The van der Waals surface area contributed by atoms with Crippen molar-refractivity contribution < 1.29 is 29.0 Å². The standard InChI is InChI=1S/C40H63N3O6/c1-23(2)31-26(44)20-40(42-34(48)43-19-14-24(41)22-43)18-17-38(8)25(32(31)40)10-11-28-37(7)15-13-29(49-30(45)21-35(3,4)33(46)47)36(5,6)27(37)12-16-39(28,38)9/h23-25,27-29H,10-22,41H2,1-9H3,(H,42,48)(H,46,47)/t24-,25?,27?,28?,29+,37+,38-,39-,40-/m1/s1. The van der Waals surface area contributed by atoms with Crippen molar-refractivity contribution in [3.05, 3.63) is 11.1 Å². The molecule has 49 heavy (non-hydrogen) atoms. The molecule has 9 nitrogen and oxygen atoms in total. The number of esters is 1. The smallest absolute Gasteiger partial charge is 0.318 e. The largest absolute Gasteiger partial charge is 0.481 e. The fourth-order valence-corrected chi connectivity index (χ4v) is 12.8. The van der Waals surface area contributed by atoms with Gasteiger partial charge in [0, 0.05) is 31.0 Å². The number of ketones is 1. The summed E-state index contributed by atoms with van der Waals surface area (Å²) in [6.45, 7) is 20.7. The number of carboxylic acid groups (broad SMARTS) is 1. The number of amides is 2. The highest BCUT2D eigenvalue weighted by Gasteiger charge is 2.70. The van der Waals surface area contributed by atoms with Crippen LogP contribution in [-0.4, -0.2) is 64.5 Å². The Kier molecular flexibility index (Phi) is 8.77. The lowest BCUT2D eigenvalue weighted by Crippen LogP contribution is -2.67. The van der Waals surface area contributed by atoms with Gasteiger partial charge in [0.25, 0.3) is 0 Å². The van der Waals surface area contributed by atoms with Crippen molar-refractivity contribution in [2.24, 2.45) is 56.5 Å². The van der Waals surface area contributed by atoms with E-state index in [9.17, 15) is 24.3 Å². The van der Waals surface area contributed by atoms with E-state index in [2.05, 4.69) is 53.8 Å². The van der Waals surface area contributed by atoms with Crippen molar-refractivity contribution in [2.45, 2.75) is 151 Å². The third-order valence-corrected chi connectivity index (χ3v) is 15.7.